The molecule has 5 heteroatoms. The molecular formula is C15H21FN2O2. The Hall–Kier alpha value is -1.46. The Morgan fingerprint density at radius 2 is 1.75 bits per heavy atom. The Morgan fingerprint density at radius 1 is 1.20 bits per heavy atom. The van der Waals surface area contributed by atoms with Crippen LogP contribution in [0.5, 0.6) is 0 Å². The molecule has 0 spiro atoms. The highest BCUT2D eigenvalue weighted by molar-refractivity contribution is 5.94. The van der Waals surface area contributed by atoms with Gasteiger partial charge < -0.3 is 10.0 Å². The highest BCUT2D eigenvalue weighted by atomic mass is 19.1. The third-order valence-corrected chi connectivity index (χ3v) is 3.36. The fraction of sp³-hybridized carbons (Fsp3) is 0.533. The van der Waals surface area contributed by atoms with Gasteiger partial charge in [-0.3, -0.25) is 9.69 Å². The zero-order chi connectivity index (χ0) is 14.8. The molecule has 1 aromatic rings. The molecule has 1 N–H and O–H groups in total. The molecule has 20 heavy (non-hydrogen) atoms. The third kappa shape index (κ3) is 4.02. The molecule has 1 aliphatic heterocycles. The van der Waals surface area contributed by atoms with Gasteiger partial charge in [0.25, 0.3) is 5.91 Å². The van der Waals surface area contributed by atoms with E-state index < -0.39 is 5.60 Å². The van der Waals surface area contributed by atoms with Crippen molar-refractivity contribution in [3.63, 3.8) is 0 Å². The molecule has 0 unspecified atom stereocenters. The van der Waals surface area contributed by atoms with E-state index in [1.54, 1.807) is 18.7 Å². The number of β-amino-alcohol motifs (C(OH)–C–C–N with tert-alkyl or cyclic N) is 1. The summed E-state index contributed by atoms with van der Waals surface area (Å²) in [6.45, 7) is 6.92. The van der Waals surface area contributed by atoms with Crippen molar-refractivity contribution in [3.8, 4) is 0 Å². The Kier molecular flexibility index (Phi) is 4.40. The number of aliphatic hydroxyl groups is 1. The molecule has 1 fully saturated rings. The topological polar surface area (TPSA) is 43.8 Å². The summed E-state index contributed by atoms with van der Waals surface area (Å²) >= 11 is 0. The summed E-state index contributed by atoms with van der Waals surface area (Å²) in [5, 5.41) is 9.79. The molecule has 0 bridgehead atoms. The molecule has 1 amide bonds. The summed E-state index contributed by atoms with van der Waals surface area (Å²) in [6, 6.07) is 5.64. The number of carbonyl (C=O) groups is 1. The number of hydrogen-bond donors (Lipinski definition) is 1. The minimum Gasteiger partial charge on any atom is -0.389 e. The lowest BCUT2D eigenvalue weighted by Crippen LogP contribution is -2.51. The average Bonchev–Trinajstić information content (AvgIpc) is 2.38. The normalized spacial score (nSPS) is 17.3. The first-order valence-corrected chi connectivity index (χ1v) is 6.85. The maximum absolute atomic E-state index is 12.8. The summed E-state index contributed by atoms with van der Waals surface area (Å²) in [5.74, 6) is -0.399. The van der Waals surface area contributed by atoms with Crippen LogP contribution in [0.25, 0.3) is 0 Å². The van der Waals surface area contributed by atoms with E-state index in [0.29, 0.717) is 25.2 Å². The van der Waals surface area contributed by atoms with E-state index in [2.05, 4.69) is 4.90 Å². The van der Waals surface area contributed by atoms with Gasteiger partial charge in [-0.15, -0.1) is 0 Å². The number of carbonyl (C=O) groups excluding carboxylic acids is 1. The zero-order valence-electron chi connectivity index (χ0n) is 12.0. The number of hydrogen-bond acceptors (Lipinski definition) is 3. The number of nitrogens with zero attached hydrogens (tertiary/aromatic N) is 2. The quantitative estimate of drug-likeness (QED) is 0.909. The van der Waals surface area contributed by atoms with Crippen molar-refractivity contribution in [2.24, 2.45) is 0 Å². The van der Waals surface area contributed by atoms with E-state index >= 15 is 0 Å². The SMILES string of the molecule is CC(C)(O)CN1CCN(C(=O)c2ccc(F)cc2)CC1. The monoisotopic (exact) mass is 280 g/mol. The van der Waals surface area contributed by atoms with Crippen LogP contribution in [-0.4, -0.2) is 59.1 Å². The predicted molar refractivity (Wildman–Crippen MR) is 75.0 cm³/mol. The van der Waals surface area contributed by atoms with Crippen LogP contribution in [-0.2, 0) is 0 Å². The maximum atomic E-state index is 12.8. The standard InChI is InChI=1S/C15H21FN2O2/c1-15(2,20)11-17-7-9-18(10-8-17)14(19)12-3-5-13(16)6-4-12/h3-6,20H,7-11H2,1-2H3. The summed E-state index contributed by atoms with van der Waals surface area (Å²) in [7, 11) is 0. The average molecular weight is 280 g/mol. The molecule has 1 heterocycles. The number of piperazine rings is 1. The Balaban J connectivity index is 1.90. The number of amides is 1. The molecule has 110 valence electrons. The van der Waals surface area contributed by atoms with Gasteiger partial charge in [-0.05, 0) is 38.1 Å². The Labute approximate surface area is 118 Å². The lowest BCUT2D eigenvalue weighted by molar-refractivity contribution is 0.0178. The molecule has 0 aromatic heterocycles. The Morgan fingerprint density at radius 3 is 2.25 bits per heavy atom. The second kappa shape index (κ2) is 5.89. The molecule has 1 aromatic carbocycles. The molecule has 0 atom stereocenters. The molecule has 0 radical (unpaired) electrons. The fourth-order valence-corrected chi connectivity index (χ4v) is 2.43. The lowest BCUT2D eigenvalue weighted by Gasteiger charge is -2.37. The fourth-order valence-electron chi connectivity index (χ4n) is 2.43. The molecule has 1 saturated heterocycles. The molecule has 1 aliphatic rings. The summed E-state index contributed by atoms with van der Waals surface area (Å²) in [6.07, 6.45) is 0. The minimum absolute atomic E-state index is 0.0621. The first-order chi connectivity index (χ1) is 9.35. The summed E-state index contributed by atoms with van der Waals surface area (Å²) < 4.78 is 12.8. The van der Waals surface area contributed by atoms with Crippen LogP contribution in [0.2, 0.25) is 0 Å². The van der Waals surface area contributed by atoms with E-state index in [-0.39, 0.29) is 11.7 Å². The van der Waals surface area contributed by atoms with Crippen LogP contribution < -0.4 is 0 Å². The first-order valence-electron chi connectivity index (χ1n) is 6.85. The second-order valence-corrected chi connectivity index (χ2v) is 5.89. The highest BCUT2D eigenvalue weighted by Gasteiger charge is 2.25. The van der Waals surface area contributed by atoms with Crippen molar-refractivity contribution in [2.45, 2.75) is 19.4 Å². The number of rotatable bonds is 3. The summed E-state index contributed by atoms with van der Waals surface area (Å²) in [5.41, 5.74) is -0.203. The third-order valence-electron chi connectivity index (χ3n) is 3.36. The van der Waals surface area contributed by atoms with E-state index in [4.69, 9.17) is 0 Å². The van der Waals surface area contributed by atoms with Gasteiger partial charge in [0.1, 0.15) is 5.82 Å². The molecular weight excluding hydrogens is 259 g/mol. The van der Waals surface area contributed by atoms with Crippen LogP contribution in [0.15, 0.2) is 24.3 Å². The van der Waals surface area contributed by atoms with Gasteiger partial charge in [0.2, 0.25) is 0 Å². The van der Waals surface area contributed by atoms with Gasteiger partial charge in [0.15, 0.2) is 0 Å². The molecule has 0 aliphatic carbocycles. The molecule has 2 rings (SSSR count). The van der Waals surface area contributed by atoms with Crippen molar-refractivity contribution in [1.29, 1.82) is 0 Å². The van der Waals surface area contributed by atoms with Crippen molar-refractivity contribution in [2.75, 3.05) is 32.7 Å². The van der Waals surface area contributed by atoms with Crippen LogP contribution in [0.4, 0.5) is 4.39 Å². The van der Waals surface area contributed by atoms with Crippen LogP contribution in [0.1, 0.15) is 24.2 Å². The van der Waals surface area contributed by atoms with E-state index in [1.807, 2.05) is 0 Å². The smallest absolute Gasteiger partial charge is 0.253 e. The van der Waals surface area contributed by atoms with Gasteiger partial charge in [-0.25, -0.2) is 4.39 Å². The molecule has 0 saturated carbocycles. The summed E-state index contributed by atoms with van der Waals surface area (Å²) in [4.78, 5) is 16.2. The van der Waals surface area contributed by atoms with Crippen LogP contribution >= 0.6 is 0 Å². The van der Waals surface area contributed by atoms with Gasteiger partial charge in [-0.1, -0.05) is 0 Å². The lowest BCUT2D eigenvalue weighted by atomic mass is 10.1. The van der Waals surface area contributed by atoms with Crippen molar-refractivity contribution < 1.29 is 14.3 Å². The number of benzene rings is 1. The van der Waals surface area contributed by atoms with Gasteiger partial charge >= 0.3 is 0 Å². The van der Waals surface area contributed by atoms with Gasteiger partial charge in [-0.2, -0.15) is 0 Å². The van der Waals surface area contributed by atoms with Crippen LogP contribution in [0.3, 0.4) is 0 Å². The first kappa shape index (κ1) is 14.9. The van der Waals surface area contributed by atoms with Crippen molar-refractivity contribution in [3.05, 3.63) is 35.6 Å². The van der Waals surface area contributed by atoms with Gasteiger partial charge in [0, 0.05) is 38.3 Å². The predicted octanol–water partition coefficient (Wildman–Crippen LogP) is 1.35. The largest absolute Gasteiger partial charge is 0.389 e. The van der Waals surface area contributed by atoms with Crippen molar-refractivity contribution in [1.82, 2.24) is 9.80 Å². The number of halogens is 1. The van der Waals surface area contributed by atoms with Crippen LogP contribution in [0, 0.1) is 5.82 Å². The second-order valence-electron chi connectivity index (χ2n) is 5.89. The molecule has 4 nitrogen and oxygen atoms in total. The minimum atomic E-state index is -0.719. The maximum Gasteiger partial charge on any atom is 0.253 e. The van der Waals surface area contributed by atoms with E-state index in [0.717, 1.165) is 13.1 Å². The highest BCUT2D eigenvalue weighted by Crippen LogP contribution is 2.12. The zero-order valence-corrected chi connectivity index (χ0v) is 12.0. The van der Waals surface area contributed by atoms with Gasteiger partial charge in [0.05, 0.1) is 5.60 Å². The van der Waals surface area contributed by atoms with E-state index in [1.165, 1.54) is 24.3 Å². The Bertz CT molecular complexity index is 460. The van der Waals surface area contributed by atoms with Crippen molar-refractivity contribution >= 4 is 5.91 Å². The van der Waals surface area contributed by atoms with E-state index in [9.17, 15) is 14.3 Å².